The molecule has 1 aliphatic carbocycles. The van der Waals surface area contributed by atoms with E-state index in [1.54, 1.807) is 0 Å². The molecule has 0 heterocycles. The number of nitrogens with zero attached hydrogens (tertiary/aromatic N) is 1. The zero-order valence-electron chi connectivity index (χ0n) is 38.1. The molecule has 0 N–H and O–H groups in total. The van der Waals surface area contributed by atoms with Crippen molar-refractivity contribution < 1.29 is 0 Å². The Balaban J connectivity index is 1.15. The van der Waals surface area contributed by atoms with Gasteiger partial charge in [-0.05, 0) is 161 Å². The highest BCUT2D eigenvalue weighted by molar-refractivity contribution is 6.26. The Morgan fingerprint density at radius 1 is 0.309 bits per heavy atom. The van der Waals surface area contributed by atoms with Crippen LogP contribution >= 0.6 is 0 Å². The summed E-state index contributed by atoms with van der Waals surface area (Å²) in [5.74, 6) is 0. The van der Waals surface area contributed by atoms with Crippen LogP contribution in [0.25, 0.3) is 76.5 Å². The van der Waals surface area contributed by atoms with Gasteiger partial charge in [-0.2, -0.15) is 0 Å². The van der Waals surface area contributed by atoms with Gasteiger partial charge in [-0.25, -0.2) is 0 Å². The second kappa shape index (κ2) is 15.8. The average Bonchev–Trinajstić information content (AvgIpc) is 3.70. The molecule has 12 aromatic rings. The quantitative estimate of drug-likeness (QED) is 0.144. The van der Waals surface area contributed by atoms with E-state index in [1.807, 2.05) is 0 Å². The fourth-order valence-corrected chi connectivity index (χ4v) is 11.8. The predicted molar refractivity (Wildman–Crippen MR) is 289 cm³/mol. The topological polar surface area (TPSA) is 3.24 Å². The van der Waals surface area contributed by atoms with Crippen molar-refractivity contribution in [2.75, 3.05) is 4.90 Å². The van der Waals surface area contributed by atoms with Gasteiger partial charge in [0.25, 0.3) is 0 Å². The summed E-state index contributed by atoms with van der Waals surface area (Å²) in [7, 11) is 0. The molecule has 0 bridgehead atoms. The van der Waals surface area contributed by atoms with Crippen LogP contribution in [0.3, 0.4) is 0 Å². The Kier molecular flexibility index (Phi) is 9.27. The lowest BCUT2D eigenvalue weighted by molar-refractivity contribution is 0.770. The van der Waals surface area contributed by atoms with Gasteiger partial charge < -0.3 is 4.90 Å². The van der Waals surface area contributed by atoms with Gasteiger partial charge in [0, 0.05) is 16.8 Å². The molecule has 0 aromatic heterocycles. The van der Waals surface area contributed by atoms with Gasteiger partial charge in [-0.15, -0.1) is 0 Å². The molecule has 0 saturated heterocycles. The first-order valence-corrected chi connectivity index (χ1v) is 23.8. The molecule has 0 fully saturated rings. The highest BCUT2D eigenvalue weighted by atomic mass is 15.1. The van der Waals surface area contributed by atoms with Gasteiger partial charge in [0.05, 0.1) is 11.1 Å². The minimum absolute atomic E-state index is 0.569. The van der Waals surface area contributed by atoms with Crippen LogP contribution in [0, 0.1) is 13.8 Å². The van der Waals surface area contributed by atoms with Gasteiger partial charge in [0.1, 0.15) is 0 Å². The van der Waals surface area contributed by atoms with Crippen molar-refractivity contribution in [3.8, 4) is 33.4 Å². The van der Waals surface area contributed by atoms with E-state index in [2.05, 4.69) is 267 Å². The average molecular weight is 866 g/mol. The van der Waals surface area contributed by atoms with Crippen LogP contribution in [-0.2, 0) is 5.41 Å². The summed E-state index contributed by atoms with van der Waals surface area (Å²) in [6.45, 7) is 4.35. The summed E-state index contributed by atoms with van der Waals surface area (Å²) in [6, 6.07) is 93.0. The maximum absolute atomic E-state index is 2.47. The lowest BCUT2D eigenvalue weighted by Crippen LogP contribution is -2.29. The van der Waals surface area contributed by atoms with Crippen LogP contribution in [0.2, 0.25) is 0 Å². The van der Waals surface area contributed by atoms with Crippen LogP contribution in [0.15, 0.2) is 249 Å². The van der Waals surface area contributed by atoms with Crippen molar-refractivity contribution in [1.29, 1.82) is 0 Å². The molecular weight excluding hydrogens is 819 g/mol. The number of fused-ring (bicyclic) bond motifs is 7. The van der Waals surface area contributed by atoms with E-state index in [1.165, 1.54) is 110 Å². The van der Waals surface area contributed by atoms with Gasteiger partial charge in [0.15, 0.2) is 0 Å². The van der Waals surface area contributed by atoms with E-state index in [0.29, 0.717) is 0 Å². The number of hydrogen-bond donors (Lipinski definition) is 0. The second-order valence-electron chi connectivity index (χ2n) is 18.5. The lowest BCUT2D eigenvalue weighted by Gasteiger charge is -2.35. The predicted octanol–water partition coefficient (Wildman–Crippen LogP) is 18.1. The first kappa shape index (κ1) is 39.8. The Labute approximate surface area is 397 Å². The molecule has 68 heavy (non-hydrogen) atoms. The van der Waals surface area contributed by atoms with Crippen molar-refractivity contribution in [1.82, 2.24) is 0 Å². The van der Waals surface area contributed by atoms with Crippen molar-refractivity contribution >= 4 is 60.2 Å². The Bertz CT molecular complexity index is 3850. The summed E-state index contributed by atoms with van der Waals surface area (Å²) in [5, 5.41) is 9.81. The molecule has 1 nitrogen and oxygen atoms in total. The highest BCUT2D eigenvalue weighted by Gasteiger charge is 2.47. The molecule has 0 saturated carbocycles. The van der Waals surface area contributed by atoms with Crippen LogP contribution in [0.1, 0.15) is 33.4 Å². The SMILES string of the molecule is Cc1cccc(N(c2cccc(C)c2)c2ccc(-c3c4ccccc4c(-c4cccc5c4C(c4ccccc4)(c4ccccc4)c4ccccc4-5)c4cc5ccccc5cc34)c3ccccc23)c1. The van der Waals surface area contributed by atoms with Crippen LogP contribution < -0.4 is 4.90 Å². The molecule has 0 unspecified atom stereocenters. The van der Waals surface area contributed by atoms with E-state index < -0.39 is 5.41 Å². The minimum atomic E-state index is -0.569. The number of rotatable bonds is 7. The number of anilines is 3. The van der Waals surface area contributed by atoms with E-state index in [-0.39, 0.29) is 0 Å². The van der Waals surface area contributed by atoms with Crippen molar-refractivity contribution in [2.45, 2.75) is 19.3 Å². The first-order chi connectivity index (χ1) is 33.6. The normalized spacial score (nSPS) is 12.7. The Morgan fingerprint density at radius 3 is 1.38 bits per heavy atom. The number of benzene rings is 12. The summed E-state index contributed by atoms with van der Waals surface area (Å²) in [5.41, 5.74) is 18.0. The van der Waals surface area contributed by atoms with Gasteiger partial charge in [-0.3, -0.25) is 0 Å². The van der Waals surface area contributed by atoms with Crippen LogP contribution in [-0.4, -0.2) is 0 Å². The number of hydrogen-bond acceptors (Lipinski definition) is 1. The Hall–Kier alpha value is -8.52. The van der Waals surface area contributed by atoms with Crippen LogP contribution in [0.5, 0.6) is 0 Å². The molecule has 1 heteroatoms. The molecule has 0 atom stereocenters. The van der Waals surface area contributed by atoms with Gasteiger partial charge in [-0.1, -0.05) is 206 Å². The zero-order valence-corrected chi connectivity index (χ0v) is 38.1. The largest absolute Gasteiger partial charge is 0.310 e. The van der Waals surface area contributed by atoms with Crippen molar-refractivity contribution in [3.05, 3.63) is 282 Å². The molecule has 0 spiro atoms. The molecular formula is C67H47N. The molecule has 1 aliphatic rings. The smallest absolute Gasteiger partial charge is 0.0719 e. The minimum Gasteiger partial charge on any atom is -0.310 e. The van der Waals surface area contributed by atoms with Crippen LogP contribution in [0.4, 0.5) is 17.1 Å². The molecule has 12 aromatic carbocycles. The fourth-order valence-electron chi connectivity index (χ4n) is 11.8. The first-order valence-electron chi connectivity index (χ1n) is 23.8. The third kappa shape index (κ3) is 6.02. The van der Waals surface area contributed by atoms with Crippen molar-refractivity contribution in [2.24, 2.45) is 0 Å². The lowest BCUT2D eigenvalue weighted by atomic mass is 9.65. The standard InChI is InChI=1S/C67H47N/c1-44-20-17-28-50(40-44)68(51-29-18-21-45(2)41-51)63-39-38-57(52-30-11-12-32-54(52)63)64-55-33-13-14-34-56(55)65(61-43-47-23-10-9-22-46(47)42-60(61)64)59-36-19-35-58-53-31-15-16-37-62(53)67(66(58)59,48-24-5-3-6-25-48)49-26-7-4-8-27-49/h3-43H,1-2H3. The van der Waals surface area contributed by atoms with Gasteiger partial charge >= 0.3 is 0 Å². The van der Waals surface area contributed by atoms with Crippen molar-refractivity contribution in [3.63, 3.8) is 0 Å². The maximum atomic E-state index is 2.47. The second-order valence-corrected chi connectivity index (χ2v) is 18.5. The molecule has 13 rings (SSSR count). The summed E-state index contributed by atoms with van der Waals surface area (Å²) >= 11 is 0. The van der Waals surface area contributed by atoms with Gasteiger partial charge in [0.2, 0.25) is 0 Å². The highest BCUT2D eigenvalue weighted by Crippen LogP contribution is 2.60. The summed E-state index contributed by atoms with van der Waals surface area (Å²) in [6.07, 6.45) is 0. The van der Waals surface area contributed by atoms with E-state index in [0.717, 1.165) is 17.1 Å². The summed E-state index contributed by atoms with van der Waals surface area (Å²) in [4.78, 5) is 2.43. The Morgan fingerprint density at radius 2 is 0.779 bits per heavy atom. The third-order valence-corrected chi connectivity index (χ3v) is 14.6. The van der Waals surface area contributed by atoms with E-state index >= 15 is 0 Å². The fraction of sp³-hybridized carbons (Fsp3) is 0.0448. The molecule has 0 aliphatic heterocycles. The maximum Gasteiger partial charge on any atom is 0.0719 e. The molecule has 320 valence electrons. The summed E-state index contributed by atoms with van der Waals surface area (Å²) < 4.78 is 0. The zero-order chi connectivity index (χ0) is 45.3. The molecule has 0 amide bonds. The third-order valence-electron chi connectivity index (χ3n) is 14.6. The molecule has 0 radical (unpaired) electrons. The van der Waals surface area contributed by atoms with E-state index in [9.17, 15) is 0 Å². The monoisotopic (exact) mass is 865 g/mol. The number of aryl methyl sites for hydroxylation is 2. The van der Waals surface area contributed by atoms with E-state index in [4.69, 9.17) is 0 Å².